The van der Waals surface area contributed by atoms with Crippen LogP contribution in [0, 0.1) is 11.6 Å². The molecule has 1 saturated heterocycles. The molecule has 1 fully saturated rings. The van der Waals surface area contributed by atoms with E-state index in [1.807, 2.05) is 18.2 Å². The number of carbonyl (C=O) groups excluding carboxylic acids is 1. The quantitative estimate of drug-likeness (QED) is 0.113. The highest BCUT2D eigenvalue weighted by molar-refractivity contribution is 6.31. The van der Waals surface area contributed by atoms with Crippen molar-refractivity contribution in [2.75, 3.05) is 32.8 Å². The van der Waals surface area contributed by atoms with Crippen LogP contribution in [-0.4, -0.2) is 53.5 Å². The highest BCUT2D eigenvalue weighted by atomic mass is 35.5. The number of hydrogen-bond donors (Lipinski definition) is 0. The van der Waals surface area contributed by atoms with Gasteiger partial charge in [-0.3, -0.25) is 9.69 Å². The van der Waals surface area contributed by atoms with Gasteiger partial charge in [-0.15, -0.1) is 12.4 Å². The van der Waals surface area contributed by atoms with E-state index in [0.29, 0.717) is 48.4 Å². The number of benzene rings is 4. The molecule has 1 amide bonds. The van der Waals surface area contributed by atoms with E-state index in [1.165, 1.54) is 47.7 Å². The Morgan fingerprint density at radius 3 is 2.25 bits per heavy atom. The Morgan fingerprint density at radius 2 is 1.55 bits per heavy atom. The Bertz CT molecular complexity index is 1900. The summed E-state index contributed by atoms with van der Waals surface area (Å²) in [6.45, 7) is 4.35. The van der Waals surface area contributed by atoms with Crippen molar-refractivity contribution in [1.82, 2.24) is 14.8 Å². The van der Waals surface area contributed by atoms with Crippen LogP contribution in [0.4, 0.5) is 8.78 Å². The SMILES string of the molecule is Cl.O=C(/C=C/c1ccc(Oc2ccc(OCc3ccccc3Cl)cn2)c(F)c1)N1CCN(Cc2ccc(CCOc3ccc(F)cc3)cc2)CC1. The molecule has 2 heterocycles. The Kier molecular flexibility index (Phi) is 13.4. The summed E-state index contributed by atoms with van der Waals surface area (Å²) in [7, 11) is 0. The van der Waals surface area contributed by atoms with Crippen LogP contribution in [0.25, 0.3) is 6.08 Å². The number of ether oxygens (including phenoxy) is 3. The molecule has 0 radical (unpaired) electrons. The van der Waals surface area contributed by atoms with Gasteiger partial charge in [0.1, 0.15) is 23.9 Å². The first-order valence-corrected chi connectivity index (χ1v) is 16.7. The lowest BCUT2D eigenvalue weighted by atomic mass is 10.1. The standard InChI is InChI=1S/C40H36ClF2N3O4.ClH/c41-36-4-2-1-3-32(36)28-49-35-15-17-39(44-26-35)50-38-16-9-30(25-37(38)43)10-18-40(47)46-22-20-45(21-23-46)27-31-7-5-29(6-8-31)19-24-48-34-13-11-33(42)12-14-34;/h1-18,25-26H,19-24,27-28H2;1H/b18-10+;. The maximum Gasteiger partial charge on any atom is 0.246 e. The van der Waals surface area contributed by atoms with Crippen LogP contribution >= 0.6 is 24.0 Å². The molecule has 5 aromatic rings. The minimum absolute atomic E-state index is 0. The van der Waals surface area contributed by atoms with Gasteiger partial charge in [-0.05, 0) is 71.3 Å². The average molecular weight is 733 g/mol. The smallest absolute Gasteiger partial charge is 0.246 e. The van der Waals surface area contributed by atoms with Crippen molar-refractivity contribution in [1.29, 1.82) is 0 Å². The normalized spacial score (nSPS) is 13.1. The number of pyridine rings is 1. The van der Waals surface area contributed by atoms with Gasteiger partial charge < -0.3 is 19.1 Å². The zero-order valence-electron chi connectivity index (χ0n) is 27.7. The van der Waals surface area contributed by atoms with Crippen molar-refractivity contribution < 1.29 is 27.8 Å². The number of piperazine rings is 1. The third kappa shape index (κ3) is 11.0. The lowest BCUT2D eigenvalue weighted by Crippen LogP contribution is -2.47. The van der Waals surface area contributed by atoms with Crippen molar-refractivity contribution in [3.8, 4) is 23.1 Å². The second-order valence-electron chi connectivity index (χ2n) is 11.8. The molecule has 1 aromatic heterocycles. The molecule has 264 valence electrons. The summed E-state index contributed by atoms with van der Waals surface area (Å²) < 4.78 is 45.0. The minimum atomic E-state index is -0.569. The molecule has 11 heteroatoms. The van der Waals surface area contributed by atoms with Crippen LogP contribution in [0.3, 0.4) is 0 Å². The molecular formula is C40H37Cl2F2N3O4. The summed E-state index contributed by atoms with van der Waals surface area (Å²) in [5.74, 6) is 0.453. The Balaban J connectivity index is 0.00000504. The second-order valence-corrected chi connectivity index (χ2v) is 12.2. The molecule has 51 heavy (non-hydrogen) atoms. The maximum absolute atomic E-state index is 14.9. The third-order valence-corrected chi connectivity index (χ3v) is 8.61. The number of carbonyl (C=O) groups is 1. The van der Waals surface area contributed by atoms with Crippen molar-refractivity contribution in [3.63, 3.8) is 0 Å². The molecule has 4 aromatic carbocycles. The van der Waals surface area contributed by atoms with Crippen molar-refractivity contribution in [2.24, 2.45) is 0 Å². The van der Waals surface area contributed by atoms with E-state index in [4.69, 9.17) is 25.8 Å². The number of rotatable bonds is 13. The minimum Gasteiger partial charge on any atom is -0.493 e. The molecule has 0 bridgehead atoms. The summed E-state index contributed by atoms with van der Waals surface area (Å²) in [5.41, 5.74) is 3.77. The van der Waals surface area contributed by atoms with Crippen LogP contribution in [0.5, 0.6) is 23.1 Å². The average Bonchev–Trinajstić information content (AvgIpc) is 3.14. The van der Waals surface area contributed by atoms with Gasteiger partial charge in [0.05, 0.1) is 12.8 Å². The largest absolute Gasteiger partial charge is 0.493 e. The summed E-state index contributed by atoms with van der Waals surface area (Å²) in [6.07, 6.45) is 5.34. The fourth-order valence-corrected chi connectivity index (χ4v) is 5.58. The van der Waals surface area contributed by atoms with Crippen LogP contribution in [-0.2, 0) is 24.4 Å². The molecule has 7 nitrogen and oxygen atoms in total. The highest BCUT2D eigenvalue weighted by Gasteiger charge is 2.20. The van der Waals surface area contributed by atoms with Gasteiger partial charge in [0.2, 0.25) is 11.8 Å². The van der Waals surface area contributed by atoms with Crippen molar-refractivity contribution in [2.45, 2.75) is 19.6 Å². The fraction of sp³-hybridized carbons (Fsp3) is 0.200. The number of halogens is 4. The Labute approximate surface area is 307 Å². The van der Waals surface area contributed by atoms with Gasteiger partial charge in [0.15, 0.2) is 11.6 Å². The number of aromatic nitrogens is 1. The van der Waals surface area contributed by atoms with Crippen molar-refractivity contribution in [3.05, 3.63) is 154 Å². The summed E-state index contributed by atoms with van der Waals surface area (Å²) in [4.78, 5) is 21.2. The zero-order chi connectivity index (χ0) is 34.7. The molecule has 0 N–H and O–H groups in total. The van der Waals surface area contributed by atoms with Crippen LogP contribution in [0.2, 0.25) is 5.02 Å². The van der Waals surface area contributed by atoms with E-state index < -0.39 is 5.82 Å². The van der Waals surface area contributed by atoms with Gasteiger partial charge in [-0.25, -0.2) is 13.8 Å². The van der Waals surface area contributed by atoms with Crippen LogP contribution < -0.4 is 14.2 Å². The van der Waals surface area contributed by atoms with E-state index in [-0.39, 0.29) is 35.8 Å². The molecule has 0 spiro atoms. The van der Waals surface area contributed by atoms with E-state index in [9.17, 15) is 13.6 Å². The van der Waals surface area contributed by atoms with Gasteiger partial charge in [-0.1, -0.05) is 60.1 Å². The van der Waals surface area contributed by atoms with E-state index in [1.54, 1.807) is 47.4 Å². The second kappa shape index (κ2) is 18.3. The molecule has 1 aliphatic heterocycles. The van der Waals surface area contributed by atoms with Gasteiger partial charge >= 0.3 is 0 Å². The predicted octanol–water partition coefficient (Wildman–Crippen LogP) is 8.79. The van der Waals surface area contributed by atoms with Crippen LogP contribution in [0.15, 0.2) is 115 Å². The number of nitrogens with zero attached hydrogens (tertiary/aromatic N) is 3. The third-order valence-electron chi connectivity index (χ3n) is 8.24. The fourth-order valence-electron chi connectivity index (χ4n) is 5.39. The monoisotopic (exact) mass is 731 g/mol. The topological polar surface area (TPSA) is 64.1 Å². The lowest BCUT2D eigenvalue weighted by Gasteiger charge is -2.34. The lowest BCUT2D eigenvalue weighted by molar-refractivity contribution is -0.127. The van der Waals surface area contributed by atoms with Crippen LogP contribution in [0.1, 0.15) is 22.3 Å². The van der Waals surface area contributed by atoms with E-state index >= 15 is 0 Å². The maximum atomic E-state index is 14.9. The molecular weight excluding hydrogens is 695 g/mol. The van der Waals surface area contributed by atoms with E-state index in [2.05, 4.69) is 34.1 Å². The van der Waals surface area contributed by atoms with Gasteiger partial charge in [-0.2, -0.15) is 0 Å². The molecule has 6 rings (SSSR count). The Hall–Kier alpha value is -4.96. The number of amides is 1. The predicted molar refractivity (Wildman–Crippen MR) is 197 cm³/mol. The first-order chi connectivity index (χ1) is 24.4. The molecule has 0 saturated carbocycles. The summed E-state index contributed by atoms with van der Waals surface area (Å²) >= 11 is 6.17. The summed E-state index contributed by atoms with van der Waals surface area (Å²) in [5, 5.41) is 0.622. The summed E-state index contributed by atoms with van der Waals surface area (Å²) in [6, 6.07) is 29.7. The molecule has 0 unspecified atom stereocenters. The first kappa shape index (κ1) is 37.3. The first-order valence-electron chi connectivity index (χ1n) is 16.3. The van der Waals surface area contributed by atoms with Gasteiger partial charge in [0, 0.05) is 61.9 Å². The Morgan fingerprint density at radius 1 is 0.824 bits per heavy atom. The van der Waals surface area contributed by atoms with E-state index in [0.717, 1.165) is 31.6 Å². The molecule has 0 aliphatic carbocycles. The molecule has 1 aliphatic rings. The molecule has 0 atom stereocenters. The highest BCUT2D eigenvalue weighted by Crippen LogP contribution is 2.26. The number of hydrogen-bond acceptors (Lipinski definition) is 6. The zero-order valence-corrected chi connectivity index (χ0v) is 29.3. The van der Waals surface area contributed by atoms with Crippen molar-refractivity contribution >= 4 is 36.0 Å². The van der Waals surface area contributed by atoms with Gasteiger partial charge in [0.25, 0.3) is 0 Å².